The number of thiazole rings is 1. The lowest BCUT2D eigenvalue weighted by atomic mass is 10.3. The molecule has 0 amide bonds. The highest BCUT2D eigenvalue weighted by Crippen LogP contribution is 2.36. The van der Waals surface area contributed by atoms with Crippen molar-refractivity contribution in [1.82, 2.24) is 15.0 Å². The summed E-state index contributed by atoms with van der Waals surface area (Å²) in [6.07, 6.45) is -1.85. The number of anilines is 1. The van der Waals surface area contributed by atoms with Gasteiger partial charge in [0, 0.05) is 12.7 Å². The van der Waals surface area contributed by atoms with Crippen molar-refractivity contribution in [2.24, 2.45) is 0 Å². The number of nitrogens with zero attached hydrogens (tertiary/aromatic N) is 3. The zero-order valence-electron chi connectivity index (χ0n) is 10.3. The molecule has 0 bridgehead atoms. The van der Waals surface area contributed by atoms with Crippen molar-refractivity contribution in [3.8, 4) is 10.6 Å². The van der Waals surface area contributed by atoms with Gasteiger partial charge in [0.15, 0.2) is 10.8 Å². The highest BCUT2D eigenvalue weighted by Gasteiger charge is 2.35. The molecule has 0 fully saturated rings. The Morgan fingerprint density at radius 3 is 2.60 bits per heavy atom. The van der Waals surface area contributed by atoms with Crippen LogP contribution in [0.15, 0.2) is 12.4 Å². The van der Waals surface area contributed by atoms with Crippen LogP contribution in [0.4, 0.5) is 23.5 Å². The van der Waals surface area contributed by atoms with Crippen LogP contribution >= 0.6 is 11.3 Å². The van der Waals surface area contributed by atoms with Crippen molar-refractivity contribution in [2.45, 2.75) is 19.5 Å². The van der Waals surface area contributed by atoms with Gasteiger partial charge in [0.2, 0.25) is 5.95 Å². The van der Waals surface area contributed by atoms with Crippen LogP contribution < -0.4 is 5.32 Å². The molecule has 0 radical (unpaired) electrons. The van der Waals surface area contributed by atoms with E-state index in [1.807, 2.05) is 6.92 Å². The molecule has 20 heavy (non-hydrogen) atoms. The second kappa shape index (κ2) is 5.70. The molecule has 0 aromatic carbocycles. The van der Waals surface area contributed by atoms with E-state index in [4.69, 9.17) is 0 Å². The highest BCUT2D eigenvalue weighted by molar-refractivity contribution is 7.15. The summed E-state index contributed by atoms with van der Waals surface area (Å²) < 4.78 is 51.0. The molecule has 0 unspecified atom stereocenters. The number of aromatic nitrogens is 3. The Hall–Kier alpha value is -1.77. The van der Waals surface area contributed by atoms with E-state index in [1.54, 1.807) is 0 Å². The summed E-state index contributed by atoms with van der Waals surface area (Å²) in [5.74, 6) is -0.616. The lowest BCUT2D eigenvalue weighted by molar-refractivity contribution is -0.137. The third-order valence-electron chi connectivity index (χ3n) is 2.26. The zero-order chi connectivity index (χ0) is 14.8. The van der Waals surface area contributed by atoms with Crippen LogP contribution in [-0.4, -0.2) is 21.5 Å². The number of hydrogen-bond donors (Lipinski definition) is 1. The van der Waals surface area contributed by atoms with Gasteiger partial charge >= 0.3 is 6.18 Å². The number of nitrogens with one attached hydrogen (secondary N) is 1. The molecule has 1 N–H and O–H groups in total. The Balaban J connectivity index is 2.34. The van der Waals surface area contributed by atoms with E-state index < -0.39 is 17.0 Å². The van der Waals surface area contributed by atoms with Crippen molar-refractivity contribution < 1.29 is 17.6 Å². The maximum atomic E-state index is 13.6. The summed E-state index contributed by atoms with van der Waals surface area (Å²) in [6, 6.07) is 0. The van der Waals surface area contributed by atoms with E-state index in [2.05, 4.69) is 20.3 Å². The van der Waals surface area contributed by atoms with Crippen molar-refractivity contribution in [3.63, 3.8) is 0 Å². The molecule has 0 aliphatic heterocycles. The van der Waals surface area contributed by atoms with Gasteiger partial charge in [-0.3, -0.25) is 0 Å². The van der Waals surface area contributed by atoms with Gasteiger partial charge < -0.3 is 5.32 Å². The van der Waals surface area contributed by atoms with Gasteiger partial charge in [0.25, 0.3) is 0 Å². The average molecular weight is 306 g/mol. The minimum Gasteiger partial charge on any atom is -0.354 e. The smallest absolute Gasteiger partial charge is 0.354 e. The Morgan fingerprint density at radius 1 is 1.25 bits per heavy atom. The van der Waals surface area contributed by atoms with Gasteiger partial charge in [-0.1, -0.05) is 6.92 Å². The van der Waals surface area contributed by atoms with E-state index in [9.17, 15) is 17.6 Å². The standard InChI is InChI=1S/C11H10F4N4S/c1-2-3-16-10-18-4-6(12)8(19-10)7-5-17-9(20-7)11(13,14)15/h4-5H,2-3H2,1H3,(H,16,18,19). The molecule has 0 spiro atoms. The molecule has 2 aromatic heterocycles. The van der Waals surface area contributed by atoms with Crippen molar-refractivity contribution >= 4 is 17.3 Å². The molecule has 108 valence electrons. The third kappa shape index (κ3) is 3.21. The Bertz CT molecular complexity index is 596. The van der Waals surface area contributed by atoms with Crippen LogP contribution in [0, 0.1) is 5.82 Å². The van der Waals surface area contributed by atoms with Crippen LogP contribution in [-0.2, 0) is 6.18 Å². The first-order chi connectivity index (χ1) is 9.41. The van der Waals surface area contributed by atoms with Gasteiger partial charge in [-0.05, 0) is 6.42 Å². The average Bonchev–Trinajstić information content (AvgIpc) is 2.87. The molecule has 2 rings (SSSR count). The second-order valence-corrected chi connectivity index (χ2v) is 4.88. The normalized spacial score (nSPS) is 11.7. The zero-order valence-corrected chi connectivity index (χ0v) is 11.1. The minimum atomic E-state index is -4.55. The van der Waals surface area contributed by atoms with Crippen LogP contribution in [0.1, 0.15) is 18.4 Å². The second-order valence-electron chi connectivity index (χ2n) is 3.84. The van der Waals surface area contributed by atoms with Crippen molar-refractivity contribution in [3.05, 3.63) is 23.2 Å². The van der Waals surface area contributed by atoms with E-state index in [0.29, 0.717) is 17.9 Å². The van der Waals surface area contributed by atoms with Crippen LogP contribution in [0.5, 0.6) is 0 Å². The van der Waals surface area contributed by atoms with Crippen LogP contribution in [0.25, 0.3) is 10.6 Å². The first-order valence-electron chi connectivity index (χ1n) is 5.71. The quantitative estimate of drug-likeness (QED) is 0.877. The van der Waals surface area contributed by atoms with Gasteiger partial charge in [0.05, 0.1) is 11.1 Å². The molecular weight excluding hydrogens is 296 g/mol. The molecule has 0 saturated heterocycles. The molecule has 0 atom stereocenters. The molecule has 2 heterocycles. The molecule has 4 nitrogen and oxygen atoms in total. The summed E-state index contributed by atoms with van der Waals surface area (Å²) in [5, 5.41) is 1.81. The summed E-state index contributed by atoms with van der Waals surface area (Å²) in [4.78, 5) is 10.9. The van der Waals surface area contributed by atoms with Gasteiger partial charge in [-0.15, -0.1) is 11.3 Å². The predicted molar refractivity (Wildman–Crippen MR) is 66.9 cm³/mol. The van der Waals surface area contributed by atoms with E-state index >= 15 is 0 Å². The van der Waals surface area contributed by atoms with Gasteiger partial charge in [-0.25, -0.2) is 19.3 Å². The molecule has 0 aliphatic rings. The maximum absolute atomic E-state index is 13.6. The fourth-order valence-corrected chi connectivity index (χ4v) is 2.15. The number of alkyl halides is 3. The molecule has 0 saturated carbocycles. The molecule has 0 aliphatic carbocycles. The maximum Gasteiger partial charge on any atom is 0.443 e. The summed E-state index contributed by atoms with van der Waals surface area (Å²) in [6.45, 7) is 2.51. The first-order valence-corrected chi connectivity index (χ1v) is 6.53. The number of rotatable bonds is 4. The fourth-order valence-electron chi connectivity index (χ4n) is 1.38. The van der Waals surface area contributed by atoms with Crippen molar-refractivity contribution in [2.75, 3.05) is 11.9 Å². The minimum absolute atomic E-state index is 0.0109. The monoisotopic (exact) mass is 306 g/mol. The number of halogens is 4. The van der Waals surface area contributed by atoms with Gasteiger partial charge in [0.1, 0.15) is 5.69 Å². The van der Waals surface area contributed by atoms with E-state index in [0.717, 1.165) is 18.8 Å². The lowest BCUT2D eigenvalue weighted by Crippen LogP contribution is -2.05. The van der Waals surface area contributed by atoms with E-state index in [1.165, 1.54) is 0 Å². The largest absolute Gasteiger partial charge is 0.443 e. The SMILES string of the molecule is CCCNc1ncc(F)c(-c2cnc(C(F)(F)F)s2)n1. The third-order valence-corrected chi connectivity index (χ3v) is 3.31. The van der Waals surface area contributed by atoms with Crippen molar-refractivity contribution in [1.29, 1.82) is 0 Å². The Kier molecular flexibility index (Phi) is 4.17. The van der Waals surface area contributed by atoms with Crippen LogP contribution in [0.2, 0.25) is 0 Å². The summed E-state index contributed by atoms with van der Waals surface area (Å²) in [5.41, 5.74) is -0.188. The topological polar surface area (TPSA) is 50.7 Å². The predicted octanol–water partition coefficient (Wildman–Crippen LogP) is 3.58. The first kappa shape index (κ1) is 14.6. The highest BCUT2D eigenvalue weighted by atomic mass is 32.1. The molecule has 9 heteroatoms. The summed E-state index contributed by atoms with van der Waals surface area (Å²) >= 11 is 0.345. The van der Waals surface area contributed by atoms with E-state index in [-0.39, 0.29) is 16.5 Å². The Labute approximate surface area is 115 Å². The molecule has 2 aromatic rings. The van der Waals surface area contributed by atoms with Gasteiger partial charge in [-0.2, -0.15) is 13.2 Å². The fraction of sp³-hybridized carbons (Fsp3) is 0.364. The van der Waals surface area contributed by atoms with Crippen LogP contribution in [0.3, 0.4) is 0 Å². The Morgan fingerprint density at radius 2 is 2.00 bits per heavy atom. The lowest BCUT2D eigenvalue weighted by Gasteiger charge is -2.05. The number of hydrogen-bond acceptors (Lipinski definition) is 5. The molecular formula is C11H10F4N4S. The summed E-state index contributed by atoms with van der Waals surface area (Å²) in [7, 11) is 0.